The van der Waals surface area contributed by atoms with Gasteiger partial charge in [0.05, 0.1) is 27.9 Å². The van der Waals surface area contributed by atoms with Crippen LogP contribution in [0.15, 0.2) is 60.7 Å². The average Bonchev–Trinajstić information content (AvgIpc) is 3.03. The number of amides is 2. The van der Waals surface area contributed by atoms with E-state index < -0.39 is 29.5 Å². The first-order valence-corrected chi connectivity index (χ1v) is 9.99. The third-order valence-electron chi connectivity index (χ3n) is 5.35. The Balaban J connectivity index is 1.55. The highest BCUT2D eigenvalue weighted by Crippen LogP contribution is 2.32. The van der Waals surface area contributed by atoms with Gasteiger partial charge in [0.25, 0.3) is 11.8 Å². The number of halogens is 3. The minimum Gasteiger partial charge on any atom is -0.457 e. The molecule has 4 rings (SSSR count). The van der Waals surface area contributed by atoms with Gasteiger partial charge in [-0.3, -0.25) is 9.59 Å². The van der Waals surface area contributed by atoms with E-state index in [-0.39, 0.29) is 28.9 Å². The number of benzene rings is 3. The molecule has 2 amide bonds. The van der Waals surface area contributed by atoms with Gasteiger partial charge < -0.3 is 4.74 Å². The van der Waals surface area contributed by atoms with Crippen molar-refractivity contribution in [1.82, 2.24) is 0 Å². The number of rotatable bonds is 4. The first-order valence-electron chi connectivity index (χ1n) is 9.99. The predicted octanol–water partition coefficient (Wildman–Crippen LogP) is 5.48. The number of alkyl halides is 3. The molecule has 0 spiro atoms. The molecular weight excluding hydrogens is 435 g/mol. The highest BCUT2D eigenvalue weighted by atomic mass is 19.4. The molecule has 8 heteroatoms. The summed E-state index contributed by atoms with van der Waals surface area (Å²) in [5, 5.41) is 0. The van der Waals surface area contributed by atoms with Gasteiger partial charge in [-0.2, -0.15) is 13.2 Å². The standard InChI is InChI=1S/C25H18F3NO4/c1-14-6-7-15(2)21(10-14)29-22(30)19-9-8-17(12-20(19)23(29)31)24(32)33-13-16-4-3-5-18(11-16)25(26,27)28/h3-12H,13H2,1-2H3. The second kappa shape index (κ2) is 8.20. The van der Waals surface area contributed by atoms with Crippen molar-refractivity contribution in [2.75, 3.05) is 4.90 Å². The molecule has 0 radical (unpaired) electrons. The van der Waals surface area contributed by atoms with Crippen LogP contribution in [0.2, 0.25) is 0 Å². The second-order valence-corrected chi connectivity index (χ2v) is 7.77. The Morgan fingerprint density at radius 3 is 2.36 bits per heavy atom. The topological polar surface area (TPSA) is 63.7 Å². The fourth-order valence-electron chi connectivity index (χ4n) is 3.62. The smallest absolute Gasteiger partial charge is 0.416 e. The lowest BCUT2D eigenvalue weighted by Crippen LogP contribution is -2.30. The third-order valence-corrected chi connectivity index (χ3v) is 5.35. The Morgan fingerprint density at radius 1 is 0.909 bits per heavy atom. The number of carbonyl (C=O) groups is 3. The lowest BCUT2D eigenvalue weighted by atomic mass is 10.1. The van der Waals surface area contributed by atoms with Crippen molar-refractivity contribution in [2.24, 2.45) is 0 Å². The van der Waals surface area contributed by atoms with E-state index in [0.717, 1.165) is 28.2 Å². The van der Waals surface area contributed by atoms with Gasteiger partial charge in [-0.05, 0) is 66.9 Å². The summed E-state index contributed by atoms with van der Waals surface area (Å²) in [4.78, 5) is 39.4. The van der Waals surface area contributed by atoms with Gasteiger partial charge in [0, 0.05) is 0 Å². The lowest BCUT2D eigenvalue weighted by Gasteiger charge is -2.17. The number of imide groups is 1. The number of nitrogens with zero attached hydrogens (tertiary/aromatic N) is 1. The average molecular weight is 453 g/mol. The fraction of sp³-hybridized carbons (Fsp3) is 0.160. The van der Waals surface area contributed by atoms with Gasteiger partial charge in [0.15, 0.2) is 0 Å². The van der Waals surface area contributed by atoms with Gasteiger partial charge in [-0.25, -0.2) is 9.69 Å². The molecule has 0 atom stereocenters. The number of hydrogen-bond acceptors (Lipinski definition) is 4. The Bertz CT molecular complexity index is 1300. The molecule has 0 aliphatic carbocycles. The van der Waals surface area contributed by atoms with Crippen molar-refractivity contribution >= 4 is 23.5 Å². The summed E-state index contributed by atoms with van der Waals surface area (Å²) in [5.41, 5.74) is 1.67. The normalized spacial score (nSPS) is 13.3. The molecule has 1 heterocycles. The highest BCUT2D eigenvalue weighted by Gasteiger charge is 2.38. The van der Waals surface area contributed by atoms with E-state index in [9.17, 15) is 27.6 Å². The molecule has 1 aliphatic rings. The maximum atomic E-state index is 13.0. The zero-order valence-electron chi connectivity index (χ0n) is 17.7. The van der Waals surface area contributed by atoms with E-state index in [0.29, 0.717) is 5.69 Å². The first-order chi connectivity index (χ1) is 15.6. The minimum absolute atomic E-state index is 0.0182. The van der Waals surface area contributed by atoms with E-state index in [1.807, 2.05) is 19.1 Å². The van der Waals surface area contributed by atoms with E-state index in [1.54, 1.807) is 13.0 Å². The summed E-state index contributed by atoms with van der Waals surface area (Å²) < 4.78 is 43.7. The van der Waals surface area contributed by atoms with Gasteiger partial charge in [-0.15, -0.1) is 0 Å². The van der Waals surface area contributed by atoms with Crippen LogP contribution in [-0.2, 0) is 17.5 Å². The van der Waals surface area contributed by atoms with Crippen molar-refractivity contribution in [2.45, 2.75) is 26.6 Å². The molecule has 3 aromatic carbocycles. The van der Waals surface area contributed by atoms with Crippen molar-refractivity contribution in [3.63, 3.8) is 0 Å². The molecule has 33 heavy (non-hydrogen) atoms. The van der Waals surface area contributed by atoms with Crippen LogP contribution >= 0.6 is 0 Å². The molecule has 1 aliphatic heterocycles. The molecule has 0 unspecified atom stereocenters. The number of ether oxygens (including phenoxy) is 1. The maximum absolute atomic E-state index is 13.0. The zero-order chi connectivity index (χ0) is 23.9. The summed E-state index contributed by atoms with van der Waals surface area (Å²) in [7, 11) is 0. The first kappa shape index (κ1) is 22.3. The zero-order valence-corrected chi connectivity index (χ0v) is 17.7. The molecule has 5 nitrogen and oxygen atoms in total. The van der Waals surface area contributed by atoms with Crippen LogP contribution in [0.5, 0.6) is 0 Å². The fourth-order valence-corrected chi connectivity index (χ4v) is 3.62. The van der Waals surface area contributed by atoms with Gasteiger partial charge in [0.1, 0.15) is 6.61 Å². The van der Waals surface area contributed by atoms with Crippen LogP contribution in [0, 0.1) is 13.8 Å². The van der Waals surface area contributed by atoms with Crippen molar-refractivity contribution in [3.05, 3.63) is 99.6 Å². The van der Waals surface area contributed by atoms with E-state index in [2.05, 4.69) is 0 Å². The number of esters is 1. The van der Waals surface area contributed by atoms with Crippen molar-refractivity contribution in [1.29, 1.82) is 0 Å². The largest absolute Gasteiger partial charge is 0.457 e. The number of carbonyl (C=O) groups excluding carboxylic acids is 3. The van der Waals surface area contributed by atoms with Crippen LogP contribution in [0.1, 0.15) is 53.3 Å². The van der Waals surface area contributed by atoms with E-state index >= 15 is 0 Å². The number of anilines is 1. The molecular formula is C25H18F3NO4. The lowest BCUT2D eigenvalue weighted by molar-refractivity contribution is -0.137. The maximum Gasteiger partial charge on any atom is 0.416 e. The SMILES string of the molecule is Cc1ccc(C)c(N2C(=O)c3ccc(C(=O)OCc4cccc(C(F)(F)F)c4)cc3C2=O)c1. The summed E-state index contributed by atoms with van der Waals surface area (Å²) in [5.74, 6) is -1.87. The molecule has 0 fully saturated rings. The predicted molar refractivity (Wildman–Crippen MR) is 114 cm³/mol. The summed E-state index contributed by atoms with van der Waals surface area (Å²) in [6, 6.07) is 13.9. The molecule has 0 aromatic heterocycles. The Kier molecular flexibility index (Phi) is 5.53. The van der Waals surface area contributed by atoms with Crippen LogP contribution < -0.4 is 4.90 Å². The molecule has 3 aromatic rings. The van der Waals surface area contributed by atoms with E-state index in [4.69, 9.17) is 4.74 Å². The minimum atomic E-state index is -4.51. The van der Waals surface area contributed by atoms with Crippen molar-refractivity contribution in [3.8, 4) is 0 Å². The Hall–Kier alpha value is -3.94. The number of fused-ring (bicyclic) bond motifs is 1. The number of hydrogen-bond donors (Lipinski definition) is 0. The van der Waals surface area contributed by atoms with Crippen LogP contribution in [-0.4, -0.2) is 17.8 Å². The molecule has 0 bridgehead atoms. The van der Waals surface area contributed by atoms with Gasteiger partial charge in [0.2, 0.25) is 0 Å². The molecule has 168 valence electrons. The molecule has 0 saturated heterocycles. The van der Waals surface area contributed by atoms with E-state index in [1.165, 1.54) is 30.3 Å². The highest BCUT2D eigenvalue weighted by molar-refractivity contribution is 6.35. The quantitative estimate of drug-likeness (QED) is 0.388. The van der Waals surface area contributed by atoms with Crippen LogP contribution in [0.25, 0.3) is 0 Å². The monoisotopic (exact) mass is 453 g/mol. The van der Waals surface area contributed by atoms with Crippen LogP contribution in [0.3, 0.4) is 0 Å². The Morgan fingerprint density at radius 2 is 1.64 bits per heavy atom. The van der Waals surface area contributed by atoms with Crippen LogP contribution in [0.4, 0.5) is 18.9 Å². The third kappa shape index (κ3) is 4.24. The second-order valence-electron chi connectivity index (χ2n) is 7.77. The van der Waals surface area contributed by atoms with Gasteiger partial charge in [-0.1, -0.05) is 24.3 Å². The summed E-state index contributed by atoms with van der Waals surface area (Å²) in [6.07, 6.45) is -4.51. The summed E-state index contributed by atoms with van der Waals surface area (Å²) in [6.45, 7) is 3.26. The Labute approximate surface area is 187 Å². The molecule has 0 N–H and O–H groups in total. The number of aryl methyl sites for hydroxylation is 2. The summed E-state index contributed by atoms with van der Waals surface area (Å²) >= 11 is 0. The molecule has 0 saturated carbocycles. The van der Waals surface area contributed by atoms with Gasteiger partial charge >= 0.3 is 12.1 Å². The van der Waals surface area contributed by atoms with Crippen molar-refractivity contribution < 1.29 is 32.3 Å².